The minimum Gasteiger partial charge on any atom is -0.306 e. The molecule has 4 heterocycles. The molecule has 0 saturated carbocycles. The van der Waals surface area contributed by atoms with Crippen LogP contribution in [-0.2, 0) is 0 Å². The van der Waals surface area contributed by atoms with Gasteiger partial charge >= 0.3 is 0 Å². The van der Waals surface area contributed by atoms with Crippen LogP contribution in [0, 0.1) is 22.7 Å². The quantitative estimate of drug-likeness (QED) is 0.173. The Morgan fingerprint density at radius 1 is 0.312 bits per heavy atom. The van der Waals surface area contributed by atoms with Crippen molar-refractivity contribution in [2.75, 3.05) is 0 Å². The summed E-state index contributed by atoms with van der Waals surface area (Å²) in [5, 5.41) is 30.6. The van der Waals surface area contributed by atoms with Gasteiger partial charge in [0.15, 0.2) is 0 Å². The number of nitriles is 2. The van der Waals surface area contributed by atoms with Crippen LogP contribution in [0.1, 0.15) is 11.1 Å². The van der Waals surface area contributed by atoms with Crippen molar-refractivity contribution in [3.05, 3.63) is 211 Å². The van der Waals surface area contributed by atoms with E-state index in [0.717, 1.165) is 82.1 Å². The number of aromatic nitrogens is 5. The lowest BCUT2D eigenvalue weighted by atomic mass is 9.94. The molecule has 0 bridgehead atoms. The Hall–Kier alpha value is -9.17. The predicted molar refractivity (Wildman–Crippen MR) is 259 cm³/mol. The lowest BCUT2D eigenvalue weighted by molar-refractivity contribution is 1.03. The molecule has 0 fully saturated rings. The first-order valence-electron chi connectivity index (χ1n) is 21.3. The van der Waals surface area contributed by atoms with E-state index in [2.05, 4.69) is 176 Å². The Morgan fingerprint density at radius 2 is 0.625 bits per heavy atom. The molecule has 296 valence electrons. The second-order valence-electron chi connectivity index (χ2n) is 16.1. The van der Waals surface area contributed by atoms with Gasteiger partial charge in [-0.1, -0.05) is 140 Å². The molecule has 0 radical (unpaired) electrons. The lowest BCUT2D eigenvalue weighted by Gasteiger charge is -2.26. The molecule has 0 unspecified atom stereocenters. The maximum atomic E-state index is 12.1. The van der Waals surface area contributed by atoms with Gasteiger partial charge in [0.1, 0.15) is 18.0 Å². The van der Waals surface area contributed by atoms with Crippen LogP contribution in [-0.4, -0.2) is 23.3 Å². The zero-order chi connectivity index (χ0) is 42.5. The van der Waals surface area contributed by atoms with Crippen molar-refractivity contribution >= 4 is 76.5 Å². The molecule has 0 spiro atoms. The molecule has 64 heavy (non-hydrogen) atoms. The van der Waals surface area contributed by atoms with Crippen LogP contribution in [0.3, 0.4) is 0 Å². The first-order chi connectivity index (χ1) is 31.7. The monoisotopic (exact) mass is 815 g/mol. The van der Waals surface area contributed by atoms with E-state index < -0.39 is 0 Å². The molecule has 7 nitrogen and oxygen atoms in total. The molecule has 0 atom stereocenters. The van der Waals surface area contributed by atoms with E-state index in [1.807, 2.05) is 54.6 Å². The summed E-state index contributed by atoms with van der Waals surface area (Å²) in [5.41, 5.74) is 11.2. The fourth-order valence-corrected chi connectivity index (χ4v) is 10.3. The van der Waals surface area contributed by atoms with E-state index in [4.69, 9.17) is 4.98 Å². The molecule has 0 aliphatic heterocycles. The fourth-order valence-electron chi connectivity index (χ4n) is 10.3. The summed E-state index contributed by atoms with van der Waals surface area (Å²) in [4.78, 5) is 5.40. The molecule has 0 N–H and O–H groups in total. The summed E-state index contributed by atoms with van der Waals surface area (Å²) in [6.45, 7) is 0. The molecule has 0 aliphatic rings. The van der Waals surface area contributed by atoms with E-state index in [1.165, 1.54) is 0 Å². The van der Waals surface area contributed by atoms with E-state index in [9.17, 15) is 10.5 Å². The Kier molecular flexibility index (Phi) is 7.60. The van der Waals surface area contributed by atoms with E-state index in [-0.39, 0.29) is 0 Å². The van der Waals surface area contributed by atoms with Crippen molar-refractivity contribution < 1.29 is 0 Å². The van der Waals surface area contributed by atoms with Gasteiger partial charge in [-0.2, -0.15) is 10.5 Å². The first-order valence-corrected chi connectivity index (χ1v) is 21.3. The van der Waals surface area contributed by atoms with E-state index in [0.29, 0.717) is 39.6 Å². The smallest absolute Gasteiger partial charge is 0.148 e. The minimum absolute atomic E-state index is 0.330. The van der Waals surface area contributed by atoms with E-state index >= 15 is 0 Å². The van der Waals surface area contributed by atoms with Gasteiger partial charge in [0, 0.05) is 38.0 Å². The third-order valence-corrected chi connectivity index (χ3v) is 12.9. The van der Waals surface area contributed by atoms with Crippen molar-refractivity contribution in [2.45, 2.75) is 0 Å². The fraction of sp³-hybridized carbons (Fsp3) is 0. The molecule has 4 aromatic heterocycles. The molecule has 0 aliphatic carbocycles. The van der Waals surface area contributed by atoms with Crippen LogP contribution < -0.4 is 0 Å². The van der Waals surface area contributed by atoms with Gasteiger partial charge in [0.05, 0.1) is 77.9 Å². The van der Waals surface area contributed by atoms with Crippen molar-refractivity contribution in [3.8, 4) is 46.3 Å². The van der Waals surface area contributed by atoms with Gasteiger partial charge in [-0.25, -0.2) is 4.98 Å². The first kappa shape index (κ1) is 35.6. The van der Waals surface area contributed by atoms with Crippen LogP contribution >= 0.6 is 0 Å². The van der Waals surface area contributed by atoms with Gasteiger partial charge in [-0.15, -0.1) is 0 Å². The van der Waals surface area contributed by atoms with Crippen LogP contribution in [0.5, 0.6) is 0 Å². The third-order valence-electron chi connectivity index (χ3n) is 12.9. The summed E-state index contributed by atoms with van der Waals surface area (Å²) in [6.07, 6.45) is 0. The molecule has 13 aromatic rings. The highest BCUT2D eigenvalue weighted by Crippen LogP contribution is 2.49. The van der Waals surface area contributed by atoms with E-state index in [1.54, 1.807) is 0 Å². The van der Waals surface area contributed by atoms with Gasteiger partial charge in [-0.3, -0.25) is 4.57 Å². The van der Waals surface area contributed by atoms with Crippen molar-refractivity contribution in [3.63, 3.8) is 0 Å². The number of hydrogen-bond acceptors (Lipinski definition) is 3. The molecule has 9 aromatic carbocycles. The zero-order valence-corrected chi connectivity index (χ0v) is 34.2. The molecule has 7 heteroatoms. The van der Waals surface area contributed by atoms with Gasteiger partial charge in [0.2, 0.25) is 0 Å². The highest BCUT2D eigenvalue weighted by Gasteiger charge is 2.35. The normalized spacial score (nSPS) is 11.7. The maximum Gasteiger partial charge on any atom is 0.148 e. The number of nitrogens with zero attached hydrogens (tertiary/aromatic N) is 7. The van der Waals surface area contributed by atoms with Crippen molar-refractivity contribution in [1.29, 1.82) is 10.5 Å². The molecule has 13 rings (SSSR count). The third kappa shape index (κ3) is 4.81. The maximum absolute atomic E-state index is 12.1. The topological polar surface area (TPSA) is 80.2 Å². The Bertz CT molecular complexity index is 3850. The van der Waals surface area contributed by atoms with Crippen LogP contribution in [0.4, 0.5) is 0 Å². The summed E-state index contributed by atoms with van der Waals surface area (Å²) in [6, 6.07) is 74.1. The molecular formula is C57H33N7. The Morgan fingerprint density at radius 3 is 1.00 bits per heavy atom. The zero-order valence-electron chi connectivity index (χ0n) is 34.2. The number of rotatable bonds is 5. The number of hydrogen-bond donors (Lipinski definition) is 0. The second-order valence-corrected chi connectivity index (χ2v) is 16.1. The van der Waals surface area contributed by atoms with Crippen LogP contribution in [0.15, 0.2) is 200 Å². The van der Waals surface area contributed by atoms with Gasteiger partial charge in [-0.05, 0) is 60.7 Å². The van der Waals surface area contributed by atoms with Gasteiger partial charge < -0.3 is 13.7 Å². The van der Waals surface area contributed by atoms with Crippen LogP contribution in [0.25, 0.3) is 111 Å². The summed E-state index contributed by atoms with van der Waals surface area (Å²) in [7, 11) is 0. The number of para-hydroxylation sites is 9. The number of fused-ring (bicyclic) bond motifs is 10. The minimum atomic E-state index is 0.330. The standard InChI is InChI=1S/C57H33N7/c58-34-43-53(57-60-45-26-10-17-33-52(45)61(57)36-18-2-1-3-19-36)44(35-59)55(63-48-29-13-6-22-39(48)40-23-7-14-30-49(40)63)56(64-50-31-15-8-24-41(50)42-25-9-16-32-51(42)64)54(43)62-46-27-11-4-20-37(46)38-21-5-12-28-47(38)62/h1-33H. The second kappa shape index (κ2) is 13.7. The highest BCUT2D eigenvalue weighted by atomic mass is 15.1. The summed E-state index contributed by atoms with van der Waals surface area (Å²) < 4.78 is 8.88. The number of imidazole rings is 1. The summed E-state index contributed by atoms with van der Waals surface area (Å²) >= 11 is 0. The Labute approximate surface area is 366 Å². The van der Waals surface area contributed by atoms with Crippen molar-refractivity contribution in [2.24, 2.45) is 0 Å². The number of benzene rings is 9. The predicted octanol–water partition coefficient (Wildman–Crippen LogP) is 13.7. The average Bonchev–Trinajstić information content (AvgIpc) is 4.10. The van der Waals surface area contributed by atoms with Gasteiger partial charge in [0.25, 0.3) is 0 Å². The largest absolute Gasteiger partial charge is 0.306 e. The molecule has 0 amide bonds. The lowest BCUT2D eigenvalue weighted by Crippen LogP contribution is -2.15. The molecule has 0 saturated heterocycles. The van der Waals surface area contributed by atoms with Crippen LogP contribution in [0.2, 0.25) is 0 Å². The highest BCUT2D eigenvalue weighted by molar-refractivity contribution is 6.15. The summed E-state index contributed by atoms with van der Waals surface area (Å²) in [5.74, 6) is 0.498. The Balaban J connectivity index is 1.38. The molecular weight excluding hydrogens is 783 g/mol. The average molecular weight is 816 g/mol. The SMILES string of the molecule is N#Cc1c(-c2nc3ccccc3n2-c2ccccc2)c(C#N)c(-n2c3ccccc3c3ccccc32)c(-n2c3ccccc3c3ccccc32)c1-n1c2ccccc2c2ccccc21. The van der Waals surface area contributed by atoms with Crippen molar-refractivity contribution in [1.82, 2.24) is 23.3 Å².